The van der Waals surface area contributed by atoms with Crippen molar-refractivity contribution >= 4 is 12.3 Å². The van der Waals surface area contributed by atoms with Crippen molar-refractivity contribution < 1.29 is 19.4 Å². The van der Waals surface area contributed by atoms with Crippen LogP contribution in [-0.4, -0.2) is 30.6 Å². The van der Waals surface area contributed by atoms with Crippen LogP contribution in [0, 0.1) is 28.6 Å². The molecule has 5 atom stereocenters. The summed E-state index contributed by atoms with van der Waals surface area (Å²) >= 11 is 0. The summed E-state index contributed by atoms with van der Waals surface area (Å²) in [4.78, 5) is 23.2. The van der Waals surface area contributed by atoms with Gasteiger partial charge in [0.15, 0.2) is 0 Å². The third-order valence-electron chi connectivity index (χ3n) is 7.12. The average Bonchev–Trinajstić information content (AvgIpc) is 2.56. The number of allylic oxidation sites excluding steroid dienone is 2. The number of carbonyl (C=O) groups excluding carboxylic acids is 2. The highest BCUT2D eigenvalue weighted by molar-refractivity contribution is 5.74. The molecule has 142 valence electrons. The van der Waals surface area contributed by atoms with Crippen molar-refractivity contribution in [1.82, 2.24) is 0 Å². The monoisotopic (exact) mass is 350 g/mol. The number of fused-ring (bicyclic) bond motifs is 1. The lowest BCUT2D eigenvalue weighted by Crippen LogP contribution is -2.54. The third-order valence-corrected chi connectivity index (χ3v) is 7.12. The summed E-state index contributed by atoms with van der Waals surface area (Å²) in [6.45, 7) is 8.70. The van der Waals surface area contributed by atoms with Gasteiger partial charge in [-0.2, -0.15) is 0 Å². The van der Waals surface area contributed by atoms with Gasteiger partial charge in [0.2, 0.25) is 0 Å². The Labute approximate surface area is 152 Å². The molecular weight excluding hydrogens is 316 g/mol. The number of esters is 1. The smallest absolute Gasteiger partial charge is 0.305 e. The number of carbonyl (C=O) groups is 2. The number of hydrogen-bond acceptors (Lipinski definition) is 4. The Bertz CT molecular complexity index is 536. The lowest BCUT2D eigenvalue weighted by Gasteiger charge is -2.58. The molecule has 0 aromatic heterocycles. The summed E-state index contributed by atoms with van der Waals surface area (Å²) in [5.74, 6) is 0.642. The topological polar surface area (TPSA) is 63.6 Å². The summed E-state index contributed by atoms with van der Waals surface area (Å²) < 4.78 is 4.77. The number of aldehydes is 1. The van der Waals surface area contributed by atoms with Crippen molar-refractivity contribution in [3.05, 3.63) is 11.6 Å². The van der Waals surface area contributed by atoms with Crippen molar-refractivity contribution in [2.45, 2.75) is 72.3 Å². The minimum Gasteiger partial charge on any atom is -0.469 e. The fraction of sp³-hybridized carbons (Fsp3) is 0.810. The predicted octanol–water partition coefficient (Wildman–Crippen LogP) is 3.91. The molecule has 0 spiro atoms. The van der Waals surface area contributed by atoms with E-state index in [9.17, 15) is 14.7 Å². The molecule has 0 amide bonds. The summed E-state index contributed by atoms with van der Waals surface area (Å²) in [5, 5.41) is 10.5. The highest BCUT2D eigenvalue weighted by Crippen LogP contribution is 2.60. The van der Waals surface area contributed by atoms with E-state index in [-0.39, 0.29) is 34.7 Å². The highest BCUT2D eigenvalue weighted by Gasteiger charge is 2.55. The lowest BCUT2D eigenvalue weighted by molar-refractivity contribution is -0.141. The average molecular weight is 350 g/mol. The zero-order valence-corrected chi connectivity index (χ0v) is 16.4. The second-order valence-corrected chi connectivity index (χ2v) is 9.01. The predicted molar refractivity (Wildman–Crippen MR) is 97.9 cm³/mol. The number of ether oxygens (including phenoxy) is 1. The number of aliphatic hydroxyl groups is 1. The van der Waals surface area contributed by atoms with Crippen molar-refractivity contribution in [2.24, 2.45) is 28.6 Å². The molecule has 0 bridgehead atoms. The van der Waals surface area contributed by atoms with Crippen LogP contribution in [-0.2, 0) is 14.3 Å². The van der Waals surface area contributed by atoms with Gasteiger partial charge in [-0.1, -0.05) is 33.8 Å². The molecule has 25 heavy (non-hydrogen) atoms. The largest absolute Gasteiger partial charge is 0.469 e. The summed E-state index contributed by atoms with van der Waals surface area (Å²) in [6, 6.07) is 0. The number of methoxy groups -OCH3 is 1. The van der Waals surface area contributed by atoms with Gasteiger partial charge in [0.25, 0.3) is 0 Å². The van der Waals surface area contributed by atoms with Gasteiger partial charge < -0.3 is 9.84 Å². The van der Waals surface area contributed by atoms with Gasteiger partial charge in [0.05, 0.1) is 13.2 Å². The Hall–Kier alpha value is -1.16. The maximum absolute atomic E-state index is 11.7. The zero-order valence-electron chi connectivity index (χ0n) is 16.4. The molecule has 2 rings (SSSR count). The molecule has 5 unspecified atom stereocenters. The van der Waals surface area contributed by atoms with E-state index in [4.69, 9.17) is 4.74 Å². The van der Waals surface area contributed by atoms with Gasteiger partial charge in [-0.15, -0.1) is 0 Å². The summed E-state index contributed by atoms with van der Waals surface area (Å²) in [5.41, 5.74) is 0.795. The van der Waals surface area contributed by atoms with Gasteiger partial charge >= 0.3 is 5.97 Å². The molecule has 4 nitrogen and oxygen atoms in total. The maximum Gasteiger partial charge on any atom is 0.305 e. The van der Waals surface area contributed by atoms with Gasteiger partial charge in [0.1, 0.15) is 6.29 Å². The molecule has 0 radical (unpaired) electrons. The minimum atomic E-state index is -0.282. The molecule has 0 saturated heterocycles. The van der Waals surface area contributed by atoms with Crippen LogP contribution in [0.3, 0.4) is 0 Å². The molecule has 4 heteroatoms. The Morgan fingerprint density at radius 2 is 2.12 bits per heavy atom. The summed E-state index contributed by atoms with van der Waals surface area (Å²) in [6.07, 6.45) is 7.67. The quantitative estimate of drug-likeness (QED) is 0.582. The maximum atomic E-state index is 11.7. The first-order valence-electron chi connectivity index (χ1n) is 9.57. The molecule has 1 N–H and O–H groups in total. The van der Waals surface area contributed by atoms with Crippen LogP contribution in [0.15, 0.2) is 11.6 Å². The molecule has 0 aromatic carbocycles. The van der Waals surface area contributed by atoms with Crippen LogP contribution >= 0.6 is 0 Å². The normalized spacial score (nSPS) is 35.3. The first-order chi connectivity index (χ1) is 11.7. The van der Waals surface area contributed by atoms with Gasteiger partial charge in [0, 0.05) is 6.42 Å². The molecule has 0 heterocycles. The van der Waals surface area contributed by atoms with E-state index >= 15 is 0 Å². The van der Waals surface area contributed by atoms with Crippen molar-refractivity contribution in [3.8, 4) is 0 Å². The molecule has 1 saturated carbocycles. The number of hydrogen-bond donors (Lipinski definition) is 1. The van der Waals surface area contributed by atoms with Gasteiger partial charge in [-0.25, -0.2) is 0 Å². The van der Waals surface area contributed by atoms with Crippen LogP contribution in [0.2, 0.25) is 0 Å². The highest BCUT2D eigenvalue weighted by atomic mass is 16.5. The van der Waals surface area contributed by atoms with Crippen molar-refractivity contribution in [3.63, 3.8) is 0 Å². The zero-order chi connectivity index (χ0) is 18.8. The van der Waals surface area contributed by atoms with E-state index in [0.29, 0.717) is 12.3 Å². The molecule has 2 aliphatic rings. The number of aliphatic hydroxyl groups excluding tert-OH is 1. The standard InChI is InChI=1S/C21H34O4/c1-14(12-19(24)25-5)6-8-16-15(13-22)7-9-17-20(2,3)18(23)10-11-21(16,17)4/h7,13-14,16-18,23H,6,8-12H2,1-5H3. The van der Waals surface area contributed by atoms with Crippen LogP contribution in [0.5, 0.6) is 0 Å². The fourth-order valence-corrected chi connectivity index (χ4v) is 5.39. The van der Waals surface area contributed by atoms with E-state index in [0.717, 1.165) is 44.0 Å². The Balaban J connectivity index is 2.19. The van der Waals surface area contributed by atoms with Crippen molar-refractivity contribution in [1.29, 1.82) is 0 Å². The second-order valence-electron chi connectivity index (χ2n) is 9.01. The SMILES string of the molecule is COC(=O)CC(C)CCC1C(C=O)=CCC2C(C)(C)C(O)CCC12C. The first kappa shape index (κ1) is 20.2. The van der Waals surface area contributed by atoms with Crippen molar-refractivity contribution in [2.75, 3.05) is 7.11 Å². The van der Waals surface area contributed by atoms with Crippen LogP contribution in [0.25, 0.3) is 0 Å². The fourth-order valence-electron chi connectivity index (χ4n) is 5.39. The number of rotatable bonds is 6. The summed E-state index contributed by atoms with van der Waals surface area (Å²) in [7, 11) is 1.42. The third kappa shape index (κ3) is 3.84. The van der Waals surface area contributed by atoms with Crippen LogP contribution < -0.4 is 0 Å². The first-order valence-corrected chi connectivity index (χ1v) is 9.57. The Morgan fingerprint density at radius 3 is 2.72 bits per heavy atom. The molecule has 0 aromatic rings. The van der Waals surface area contributed by atoms with E-state index in [1.165, 1.54) is 7.11 Å². The Morgan fingerprint density at radius 1 is 1.44 bits per heavy atom. The van der Waals surface area contributed by atoms with E-state index in [2.05, 4.69) is 33.8 Å². The second kappa shape index (κ2) is 7.61. The van der Waals surface area contributed by atoms with E-state index in [1.807, 2.05) is 0 Å². The molecule has 2 aliphatic carbocycles. The van der Waals surface area contributed by atoms with Crippen LogP contribution in [0.1, 0.15) is 66.2 Å². The lowest BCUT2D eigenvalue weighted by atomic mass is 9.47. The van der Waals surface area contributed by atoms with Gasteiger partial charge in [-0.3, -0.25) is 9.59 Å². The Kier molecular flexibility index (Phi) is 6.13. The van der Waals surface area contributed by atoms with Crippen LogP contribution in [0.4, 0.5) is 0 Å². The molecule has 1 fully saturated rings. The van der Waals surface area contributed by atoms with E-state index < -0.39 is 0 Å². The molecule has 0 aliphatic heterocycles. The molecular formula is C21H34O4. The van der Waals surface area contributed by atoms with E-state index in [1.54, 1.807) is 0 Å². The minimum absolute atomic E-state index is 0.0265. The van der Waals surface area contributed by atoms with Gasteiger partial charge in [-0.05, 0) is 66.3 Å².